The van der Waals surface area contributed by atoms with Crippen LogP contribution in [0.5, 0.6) is 0 Å². The molecule has 0 fully saturated rings. The van der Waals surface area contributed by atoms with Gasteiger partial charge in [0.25, 0.3) is 0 Å². The molecule has 0 atom stereocenters. The summed E-state index contributed by atoms with van der Waals surface area (Å²) in [6, 6.07) is 8.42. The zero-order chi connectivity index (χ0) is 13.0. The van der Waals surface area contributed by atoms with Gasteiger partial charge in [-0.15, -0.1) is 0 Å². The first-order valence-electron chi connectivity index (χ1n) is 6.17. The third-order valence-electron chi connectivity index (χ3n) is 3.15. The van der Waals surface area contributed by atoms with E-state index >= 15 is 0 Å². The van der Waals surface area contributed by atoms with Crippen LogP contribution in [0, 0.1) is 0 Å². The van der Waals surface area contributed by atoms with Crippen molar-refractivity contribution in [3.63, 3.8) is 0 Å². The van der Waals surface area contributed by atoms with E-state index in [1.807, 2.05) is 12.2 Å². The van der Waals surface area contributed by atoms with Crippen LogP contribution in [0.3, 0.4) is 0 Å². The topological polar surface area (TPSA) is 0 Å². The van der Waals surface area contributed by atoms with Crippen molar-refractivity contribution in [1.82, 2.24) is 0 Å². The largest absolute Gasteiger partial charge is 0.0988 e. The normalized spacial score (nSPS) is 23.7. The molecule has 0 unspecified atom stereocenters. The van der Waals surface area contributed by atoms with Crippen molar-refractivity contribution in [2.75, 3.05) is 0 Å². The zero-order valence-corrected chi connectivity index (χ0v) is 10.8. The van der Waals surface area contributed by atoms with Crippen LogP contribution in [-0.2, 0) is 0 Å². The van der Waals surface area contributed by atoms with Crippen LogP contribution in [0.4, 0.5) is 0 Å². The van der Waals surface area contributed by atoms with E-state index in [-0.39, 0.29) is 0 Å². The molecule has 90 valence electrons. The Hall–Kier alpha value is -2.08. The summed E-state index contributed by atoms with van der Waals surface area (Å²) < 4.78 is 0. The number of fused-ring (bicyclic) bond motifs is 1. The Labute approximate surface area is 109 Å². The van der Waals surface area contributed by atoms with Gasteiger partial charge in [-0.05, 0) is 35.6 Å². The van der Waals surface area contributed by atoms with E-state index in [2.05, 4.69) is 62.6 Å². The highest BCUT2D eigenvalue weighted by Gasteiger charge is 2.04. The first-order valence-corrected chi connectivity index (χ1v) is 6.17. The van der Waals surface area contributed by atoms with E-state index in [4.69, 9.17) is 0 Å². The van der Waals surface area contributed by atoms with Gasteiger partial charge in [-0.25, -0.2) is 0 Å². The van der Waals surface area contributed by atoms with Crippen molar-refractivity contribution < 1.29 is 0 Å². The fourth-order valence-electron chi connectivity index (χ4n) is 2.19. The fourth-order valence-corrected chi connectivity index (χ4v) is 2.19. The lowest BCUT2D eigenvalue weighted by Gasteiger charge is -2.05. The van der Waals surface area contributed by atoms with Gasteiger partial charge in [0.1, 0.15) is 0 Å². The minimum atomic E-state index is 0.920. The number of hydrogen-bond donors (Lipinski definition) is 0. The Morgan fingerprint density at radius 3 is 2.39 bits per heavy atom. The van der Waals surface area contributed by atoms with E-state index in [9.17, 15) is 0 Å². The van der Waals surface area contributed by atoms with Gasteiger partial charge in [0.05, 0.1) is 0 Å². The third kappa shape index (κ3) is 2.60. The summed E-state index contributed by atoms with van der Waals surface area (Å²) in [6.45, 7) is 9.95. The lowest BCUT2D eigenvalue weighted by Crippen LogP contribution is -1.86. The Morgan fingerprint density at radius 1 is 1.00 bits per heavy atom. The highest BCUT2D eigenvalue weighted by Crippen LogP contribution is 2.24. The Kier molecular flexibility index (Phi) is 3.78. The predicted octanol–water partition coefficient (Wildman–Crippen LogP) is 5.18. The van der Waals surface area contributed by atoms with E-state index in [0.29, 0.717) is 0 Å². The number of hydrogen-bond acceptors (Lipinski definition) is 0. The SMILES string of the molecule is C=CC1=C(\C=C)C/C(C)=C\c2ccccc2/C=C\1. The van der Waals surface area contributed by atoms with E-state index in [0.717, 1.165) is 12.0 Å². The average molecular weight is 234 g/mol. The third-order valence-corrected chi connectivity index (χ3v) is 3.15. The molecule has 0 N–H and O–H groups in total. The molecule has 18 heavy (non-hydrogen) atoms. The maximum atomic E-state index is 3.90. The number of allylic oxidation sites excluding steroid dienone is 6. The summed E-state index contributed by atoms with van der Waals surface area (Å²) in [5, 5.41) is 0. The molecule has 1 aromatic rings. The quantitative estimate of drug-likeness (QED) is 0.661. The van der Waals surface area contributed by atoms with Gasteiger partial charge < -0.3 is 0 Å². The van der Waals surface area contributed by atoms with Crippen molar-refractivity contribution in [1.29, 1.82) is 0 Å². The van der Waals surface area contributed by atoms with Gasteiger partial charge >= 0.3 is 0 Å². The van der Waals surface area contributed by atoms with Crippen LogP contribution in [0.15, 0.2) is 72.4 Å². The molecule has 1 aliphatic carbocycles. The van der Waals surface area contributed by atoms with Crippen molar-refractivity contribution in [2.24, 2.45) is 0 Å². The van der Waals surface area contributed by atoms with Gasteiger partial charge in [0, 0.05) is 0 Å². The monoisotopic (exact) mass is 234 g/mol. The van der Waals surface area contributed by atoms with E-state index in [1.165, 1.54) is 22.3 Å². The molecule has 0 heteroatoms. The first-order chi connectivity index (χ1) is 8.74. The summed E-state index contributed by atoms with van der Waals surface area (Å²) in [5.74, 6) is 0. The van der Waals surface area contributed by atoms with Gasteiger partial charge in [-0.3, -0.25) is 0 Å². The molecule has 0 aliphatic heterocycles. The standard InChI is InChI=1S/C18H18/c1-4-15-10-11-17-8-6-7-9-18(17)13-14(3)12-16(15)5-2/h4-11,13H,1-2,12H2,3H3/b11-10-,14-13-,16-15-. The summed E-state index contributed by atoms with van der Waals surface area (Å²) >= 11 is 0. The van der Waals surface area contributed by atoms with Crippen molar-refractivity contribution in [2.45, 2.75) is 13.3 Å². The molecule has 0 heterocycles. The van der Waals surface area contributed by atoms with Gasteiger partial charge in [0.15, 0.2) is 0 Å². The molecule has 2 rings (SSSR count). The lowest BCUT2D eigenvalue weighted by molar-refractivity contribution is 1.16. The van der Waals surface area contributed by atoms with Crippen LogP contribution in [0.25, 0.3) is 12.2 Å². The summed E-state index contributed by atoms with van der Waals surface area (Å²) in [6.07, 6.45) is 11.3. The van der Waals surface area contributed by atoms with Gasteiger partial charge in [-0.1, -0.05) is 73.4 Å². The fraction of sp³-hybridized carbons (Fsp3) is 0.111. The van der Waals surface area contributed by atoms with Gasteiger partial charge in [-0.2, -0.15) is 0 Å². The maximum absolute atomic E-state index is 3.90. The van der Waals surface area contributed by atoms with Crippen LogP contribution in [-0.4, -0.2) is 0 Å². The highest BCUT2D eigenvalue weighted by atomic mass is 14.1. The number of rotatable bonds is 2. The molecule has 1 aromatic carbocycles. The zero-order valence-electron chi connectivity index (χ0n) is 10.8. The molecule has 0 aromatic heterocycles. The molecule has 1 aliphatic rings. The predicted molar refractivity (Wildman–Crippen MR) is 81.2 cm³/mol. The van der Waals surface area contributed by atoms with Crippen LogP contribution >= 0.6 is 0 Å². The molecule has 0 bridgehead atoms. The molecule has 0 radical (unpaired) electrons. The first kappa shape index (κ1) is 12.4. The molecule has 0 saturated heterocycles. The smallest absolute Gasteiger partial charge is 0.00608 e. The summed E-state index contributed by atoms with van der Waals surface area (Å²) in [5.41, 5.74) is 6.21. The van der Waals surface area contributed by atoms with E-state index in [1.54, 1.807) is 0 Å². The number of benzene rings is 1. The lowest BCUT2D eigenvalue weighted by atomic mass is 10.00. The van der Waals surface area contributed by atoms with Crippen LogP contribution in [0.1, 0.15) is 24.5 Å². The average Bonchev–Trinajstić information content (AvgIpc) is 2.45. The maximum Gasteiger partial charge on any atom is -0.00608 e. The second-order valence-corrected chi connectivity index (χ2v) is 4.52. The minimum Gasteiger partial charge on any atom is -0.0988 e. The second kappa shape index (κ2) is 5.50. The summed E-state index contributed by atoms with van der Waals surface area (Å²) in [7, 11) is 0. The molecular weight excluding hydrogens is 216 g/mol. The molecule has 0 amide bonds. The van der Waals surface area contributed by atoms with Crippen molar-refractivity contribution in [3.05, 3.63) is 83.5 Å². The molecule has 0 spiro atoms. The van der Waals surface area contributed by atoms with Crippen molar-refractivity contribution >= 4 is 12.2 Å². The highest BCUT2D eigenvalue weighted by molar-refractivity contribution is 5.69. The van der Waals surface area contributed by atoms with Gasteiger partial charge in [0.2, 0.25) is 0 Å². The Bertz CT molecular complexity index is 565. The molecule has 0 saturated carbocycles. The molecule has 0 nitrogen and oxygen atoms in total. The van der Waals surface area contributed by atoms with E-state index < -0.39 is 0 Å². The second-order valence-electron chi connectivity index (χ2n) is 4.52. The van der Waals surface area contributed by atoms with Crippen molar-refractivity contribution in [3.8, 4) is 0 Å². The van der Waals surface area contributed by atoms with Crippen LogP contribution in [0.2, 0.25) is 0 Å². The minimum absolute atomic E-state index is 0.920. The Morgan fingerprint density at radius 2 is 1.72 bits per heavy atom. The summed E-state index contributed by atoms with van der Waals surface area (Å²) in [4.78, 5) is 0. The Balaban J connectivity index is 2.60. The van der Waals surface area contributed by atoms with Crippen LogP contribution < -0.4 is 0 Å². The molecular formula is C18H18.